The van der Waals surface area contributed by atoms with E-state index >= 15 is 0 Å². The summed E-state index contributed by atoms with van der Waals surface area (Å²) in [7, 11) is 0. The molecule has 0 amide bonds. The summed E-state index contributed by atoms with van der Waals surface area (Å²) in [4.78, 5) is 2.33. The standard InChI is InChI=1S/C14H21ClN2O/c1-14(2)10-17(13(9-18)7-16-14)8-11-3-5-12(15)6-4-11/h3-6,13,16,18H,7-10H2,1-2H3. The van der Waals surface area contributed by atoms with Crippen molar-refractivity contribution in [1.29, 1.82) is 0 Å². The Hall–Kier alpha value is -0.610. The van der Waals surface area contributed by atoms with Gasteiger partial charge in [-0.25, -0.2) is 0 Å². The summed E-state index contributed by atoms with van der Waals surface area (Å²) < 4.78 is 0. The highest BCUT2D eigenvalue weighted by molar-refractivity contribution is 6.30. The van der Waals surface area contributed by atoms with Crippen LogP contribution in [0.5, 0.6) is 0 Å². The quantitative estimate of drug-likeness (QED) is 0.879. The Balaban J connectivity index is 2.07. The first-order valence-electron chi connectivity index (χ1n) is 6.34. The maximum atomic E-state index is 9.45. The Labute approximate surface area is 114 Å². The molecule has 1 aromatic rings. The molecule has 4 heteroatoms. The largest absolute Gasteiger partial charge is 0.395 e. The predicted octanol–water partition coefficient (Wildman–Crippen LogP) is 1.88. The third kappa shape index (κ3) is 3.45. The molecule has 1 aromatic carbocycles. The highest BCUT2D eigenvalue weighted by Gasteiger charge is 2.31. The number of rotatable bonds is 3. The van der Waals surface area contributed by atoms with Gasteiger partial charge in [-0.2, -0.15) is 0 Å². The van der Waals surface area contributed by atoms with Crippen molar-refractivity contribution in [2.24, 2.45) is 0 Å². The number of halogens is 1. The number of hydrogen-bond donors (Lipinski definition) is 2. The fraction of sp³-hybridized carbons (Fsp3) is 0.571. The molecule has 1 aliphatic rings. The van der Waals surface area contributed by atoms with Gasteiger partial charge in [-0.15, -0.1) is 0 Å². The van der Waals surface area contributed by atoms with Crippen LogP contribution in [0.4, 0.5) is 0 Å². The van der Waals surface area contributed by atoms with Crippen LogP contribution in [0.3, 0.4) is 0 Å². The van der Waals surface area contributed by atoms with E-state index in [-0.39, 0.29) is 18.2 Å². The molecule has 1 fully saturated rings. The Morgan fingerprint density at radius 3 is 2.67 bits per heavy atom. The van der Waals surface area contributed by atoms with E-state index in [2.05, 4.69) is 24.1 Å². The normalized spacial score (nSPS) is 24.1. The van der Waals surface area contributed by atoms with Crippen molar-refractivity contribution in [3.63, 3.8) is 0 Å². The van der Waals surface area contributed by atoms with Gasteiger partial charge in [0.1, 0.15) is 0 Å². The number of aliphatic hydroxyl groups is 1. The van der Waals surface area contributed by atoms with Gasteiger partial charge in [0.25, 0.3) is 0 Å². The lowest BCUT2D eigenvalue weighted by atomic mass is 9.98. The molecule has 1 aliphatic heterocycles. The molecular weight excluding hydrogens is 248 g/mol. The van der Waals surface area contributed by atoms with Gasteiger partial charge in [-0.3, -0.25) is 4.90 Å². The Kier molecular flexibility index (Phi) is 4.28. The lowest BCUT2D eigenvalue weighted by Gasteiger charge is -2.44. The number of nitrogens with one attached hydrogen (secondary N) is 1. The van der Waals surface area contributed by atoms with Crippen molar-refractivity contribution in [2.45, 2.75) is 32.0 Å². The van der Waals surface area contributed by atoms with Gasteiger partial charge >= 0.3 is 0 Å². The minimum absolute atomic E-state index is 0.0953. The monoisotopic (exact) mass is 268 g/mol. The summed E-state index contributed by atoms with van der Waals surface area (Å²) in [6, 6.07) is 8.11. The van der Waals surface area contributed by atoms with E-state index in [1.54, 1.807) is 0 Å². The van der Waals surface area contributed by atoms with Crippen LogP contribution in [-0.4, -0.2) is 41.3 Å². The topological polar surface area (TPSA) is 35.5 Å². The summed E-state index contributed by atoms with van der Waals surface area (Å²) in [6.45, 7) is 7.19. The molecule has 0 aromatic heterocycles. The zero-order chi connectivity index (χ0) is 13.2. The lowest BCUT2D eigenvalue weighted by molar-refractivity contribution is 0.0513. The minimum Gasteiger partial charge on any atom is -0.395 e. The van der Waals surface area contributed by atoms with Gasteiger partial charge in [-0.1, -0.05) is 23.7 Å². The second-order valence-electron chi connectivity index (χ2n) is 5.63. The zero-order valence-corrected chi connectivity index (χ0v) is 11.7. The van der Waals surface area contributed by atoms with Crippen LogP contribution >= 0.6 is 11.6 Å². The fourth-order valence-corrected chi connectivity index (χ4v) is 2.53. The third-order valence-corrected chi connectivity index (χ3v) is 3.69. The SMILES string of the molecule is CC1(C)CN(Cc2ccc(Cl)cc2)C(CO)CN1. The molecule has 18 heavy (non-hydrogen) atoms. The smallest absolute Gasteiger partial charge is 0.0599 e. The van der Waals surface area contributed by atoms with Crippen molar-refractivity contribution in [3.8, 4) is 0 Å². The molecule has 100 valence electrons. The van der Waals surface area contributed by atoms with E-state index in [1.807, 2.05) is 24.3 Å². The van der Waals surface area contributed by atoms with E-state index in [0.29, 0.717) is 0 Å². The summed E-state index contributed by atoms with van der Waals surface area (Å²) in [5, 5.41) is 13.7. The number of aliphatic hydroxyl groups excluding tert-OH is 1. The molecule has 0 radical (unpaired) electrons. The number of hydrogen-bond acceptors (Lipinski definition) is 3. The van der Waals surface area contributed by atoms with E-state index in [4.69, 9.17) is 11.6 Å². The Morgan fingerprint density at radius 1 is 1.39 bits per heavy atom. The second-order valence-corrected chi connectivity index (χ2v) is 6.07. The molecule has 1 heterocycles. The van der Waals surface area contributed by atoms with Crippen molar-refractivity contribution in [3.05, 3.63) is 34.9 Å². The molecule has 3 nitrogen and oxygen atoms in total. The summed E-state index contributed by atoms with van der Waals surface area (Å²) in [5.74, 6) is 0. The zero-order valence-electron chi connectivity index (χ0n) is 11.0. The van der Waals surface area contributed by atoms with E-state index in [1.165, 1.54) is 5.56 Å². The van der Waals surface area contributed by atoms with Gasteiger partial charge in [0.2, 0.25) is 0 Å². The van der Waals surface area contributed by atoms with Gasteiger partial charge in [-0.05, 0) is 31.5 Å². The number of benzene rings is 1. The van der Waals surface area contributed by atoms with Crippen molar-refractivity contribution in [1.82, 2.24) is 10.2 Å². The molecule has 1 saturated heterocycles. The maximum Gasteiger partial charge on any atom is 0.0599 e. The molecule has 2 rings (SSSR count). The highest BCUT2D eigenvalue weighted by Crippen LogP contribution is 2.19. The molecule has 0 aliphatic carbocycles. The van der Waals surface area contributed by atoms with Crippen molar-refractivity contribution in [2.75, 3.05) is 19.7 Å². The van der Waals surface area contributed by atoms with E-state index < -0.39 is 0 Å². The van der Waals surface area contributed by atoms with Gasteiger partial charge in [0.15, 0.2) is 0 Å². The first-order valence-corrected chi connectivity index (χ1v) is 6.72. The summed E-state index contributed by atoms with van der Waals surface area (Å²) in [6.07, 6.45) is 0. The molecule has 1 unspecified atom stereocenters. The van der Waals surface area contributed by atoms with Crippen LogP contribution in [0.15, 0.2) is 24.3 Å². The highest BCUT2D eigenvalue weighted by atomic mass is 35.5. The van der Waals surface area contributed by atoms with Gasteiger partial charge < -0.3 is 10.4 Å². The van der Waals surface area contributed by atoms with E-state index in [0.717, 1.165) is 24.7 Å². The van der Waals surface area contributed by atoms with Crippen molar-refractivity contribution < 1.29 is 5.11 Å². The number of nitrogens with zero attached hydrogens (tertiary/aromatic N) is 1. The molecular formula is C14H21ClN2O. The second kappa shape index (κ2) is 5.57. The van der Waals surface area contributed by atoms with Crippen LogP contribution in [0, 0.1) is 0 Å². The first kappa shape index (κ1) is 13.8. The number of piperazine rings is 1. The van der Waals surface area contributed by atoms with E-state index in [9.17, 15) is 5.11 Å². The Morgan fingerprint density at radius 2 is 2.06 bits per heavy atom. The van der Waals surface area contributed by atoms with Crippen LogP contribution in [-0.2, 0) is 6.54 Å². The molecule has 1 atom stereocenters. The summed E-state index contributed by atoms with van der Waals surface area (Å²) >= 11 is 5.89. The molecule has 0 spiro atoms. The molecule has 0 saturated carbocycles. The van der Waals surface area contributed by atoms with Crippen LogP contribution in [0.2, 0.25) is 5.02 Å². The fourth-order valence-electron chi connectivity index (χ4n) is 2.41. The van der Waals surface area contributed by atoms with Gasteiger partial charge in [0, 0.05) is 36.2 Å². The van der Waals surface area contributed by atoms with Crippen LogP contribution in [0.25, 0.3) is 0 Å². The average Bonchev–Trinajstić information content (AvgIpc) is 2.31. The van der Waals surface area contributed by atoms with Crippen molar-refractivity contribution >= 4 is 11.6 Å². The Bertz CT molecular complexity index is 391. The predicted molar refractivity (Wildman–Crippen MR) is 74.8 cm³/mol. The first-order chi connectivity index (χ1) is 8.50. The van der Waals surface area contributed by atoms with Gasteiger partial charge in [0.05, 0.1) is 6.61 Å². The van der Waals surface area contributed by atoms with Crippen LogP contribution < -0.4 is 5.32 Å². The van der Waals surface area contributed by atoms with Crippen LogP contribution in [0.1, 0.15) is 19.4 Å². The maximum absolute atomic E-state index is 9.45. The molecule has 0 bridgehead atoms. The lowest BCUT2D eigenvalue weighted by Crippen LogP contribution is -2.62. The minimum atomic E-state index is 0.0953. The average molecular weight is 269 g/mol. The molecule has 2 N–H and O–H groups in total. The summed E-state index contributed by atoms with van der Waals surface area (Å²) in [5.41, 5.74) is 1.33. The third-order valence-electron chi connectivity index (χ3n) is 3.44.